The fraction of sp³-hybridized carbons (Fsp3) is 0.0526. The molecule has 5 rings (SSSR count). The minimum Gasteiger partial charge on any atom is -0.269 e. The van der Waals surface area contributed by atoms with Crippen LogP contribution in [0.4, 0.5) is 0 Å². The number of imide groups is 1. The predicted molar refractivity (Wildman–Crippen MR) is 95.1 cm³/mol. The molecule has 2 amide bonds. The van der Waals surface area contributed by atoms with Crippen LogP contribution in [0.3, 0.4) is 0 Å². The first-order chi connectivity index (χ1) is 13.2. The van der Waals surface area contributed by atoms with E-state index in [1.165, 1.54) is 9.58 Å². The number of benzene rings is 2. The molecule has 1 aliphatic rings. The highest BCUT2D eigenvalue weighted by Crippen LogP contribution is 2.23. The second-order valence-corrected chi connectivity index (χ2v) is 6.11. The minimum atomic E-state index is -0.323. The quantitative estimate of drug-likeness (QED) is 0.521. The van der Waals surface area contributed by atoms with Crippen LogP contribution >= 0.6 is 0 Å². The Morgan fingerprint density at radius 3 is 2.26 bits per heavy atom. The molecule has 2 aromatic carbocycles. The number of hydrogen-bond acceptors (Lipinski definition) is 6. The fourth-order valence-corrected chi connectivity index (χ4v) is 3.09. The van der Waals surface area contributed by atoms with Crippen LogP contribution < -0.4 is 0 Å². The van der Waals surface area contributed by atoms with Gasteiger partial charge in [0.25, 0.3) is 11.8 Å². The van der Waals surface area contributed by atoms with Gasteiger partial charge in [0, 0.05) is 0 Å². The molecule has 2 aromatic heterocycles. The molecular weight excluding hydrogens is 344 g/mol. The van der Waals surface area contributed by atoms with Crippen molar-refractivity contribution in [1.29, 1.82) is 0 Å². The van der Waals surface area contributed by atoms with Crippen LogP contribution in [-0.2, 0) is 6.54 Å². The smallest absolute Gasteiger partial charge is 0.261 e. The predicted octanol–water partition coefficient (Wildman–Crippen LogP) is 2.01. The van der Waals surface area contributed by atoms with Crippen LogP contribution in [0.1, 0.15) is 26.4 Å². The van der Waals surface area contributed by atoms with E-state index in [-0.39, 0.29) is 18.4 Å². The average molecular weight is 356 g/mol. The van der Waals surface area contributed by atoms with Gasteiger partial charge in [-0.2, -0.15) is 0 Å². The van der Waals surface area contributed by atoms with Crippen LogP contribution in [0.15, 0.2) is 60.9 Å². The zero-order valence-corrected chi connectivity index (χ0v) is 14.0. The lowest BCUT2D eigenvalue weighted by atomic mass is 10.1. The maximum atomic E-state index is 12.5. The minimum absolute atomic E-state index is 0.0490. The number of hydrogen-bond donors (Lipinski definition) is 0. The van der Waals surface area contributed by atoms with Gasteiger partial charge in [0.2, 0.25) is 0 Å². The van der Waals surface area contributed by atoms with Crippen LogP contribution in [-0.4, -0.2) is 41.7 Å². The summed E-state index contributed by atoms with van der Waals surface area (Å²) in [6, 6.07) is 14.3. The third-order valence-electron chi connectivity index (χ3n) is 4.41. The van der Waals surface area contributed by atoms with Gasteiger partial charge in [-0.1, -0.05) is 29.5 Å². The SMILES string of the molecule is O=C1c2ccccc2C(=O)N1Cc1cn(-c2cnc3ccccc3n2)nn1. The van der Waals surface area contributed by atoms with Gasteiger partial charge < -0.3 is 0 Å². The zero-order valence-electron chi connectivity index (χ0n) is 14.0. The molecule has 130 valence electrons. The summed E-state index contributed by atoms with van der Waals surface area (Å²) in [6.07, 6.45) is 3.24. The van der Waals surface area contributed by atoms with E-state index in [1.54, 1.807) is 36.7 Å². The molecule has 0 spiro atoms. The van der Waals surface area contributed by atoms with Gasteiger partial charge >= 0.3 is 0 Å². The molecule has 0 bridgehead atoms. The summed E-state index contributed by atoms with van der Waals surface area (Å²) in [7, 11) is 0. The van der Waals surface area contributed by atoms with E-state index in [0.717, 1.165) is 11.0 Å². The van der Waals surface area contributed by atoms with Crippen molar-refractivity contribution >= 4 is 22.8 Å². The van der Waals surface area contributed by atoms with Gasteiger partial charge in [0.15, 0.2) is 5.82 Å². The summed E-state index contributed by atoms with van der Waals surface area (Å²) in [5.74, 6) is -0.138. The normalized spacial score (nSPS) is 13.4. The molecule has 0 saturated heterocycles. The number of amides is 2. The highest BCUT2D eigenvalue weighted by Gasteiger charge is 2.35. The van der Waals surface area contributed by atoms with Crippen molar-refractivity contribution in [3.05, 3.63) is 77.7 Å². The van der Waals surface area contributed by atoms with Crippen molar-refractivity contribution in [2.24, 2.45) is 0 Å². The molecule has 27 heavy (non-hydrogen) atoms. The van der Waals surface area contributed by atoms with E-state index in [0.29, 0.717) is 22.6 Å². The Labute approximate surface area is 153 Å². The monoisotopic (exact) mass is 356 g/mol. The number of carbonyl (C=O) groups is 2. The van der Waals surface area contributed by atoms with Crippen LogP contribution in [0.5, 0.6) is 0 Å². The van der Waals surface area contributed by atoms with Gasteiger partial charge in [-0.3, -0.25) is 19.5 Å². The van der Waals surface area contributed by atoms with Crippen molar-refractivity contribution in [2.45, 2.75) is 6.54 Å². The Hall–Kier alpha value is -3.94. The zero-order chi connectivity index (χ0) is 18.4. The summed E-state index contributed by atoms with van der Waals surface area (Å²) in [5, 5.41) is 8.12. The van der Waals surface area contributed by atoms with E-state index in [9.17, 15) is 9.59 Å². The van der Waals surface area contributed by atoms with Crippen molar-refractivity contribution in [2.75, 3.05) is 0 Å². The molecule has 0 fully saturated rings. The van der Waals surface area contributed by atoms with E-state index in [2.05, 4.69) is 20.3 Å². The second-order valence-electron chi connectivity index (χ2n) is 6.11. The van der Waals surface area contributed by atoms with Crippen molar-refractivity contribution in [3.63, 3.8) is 0 Å². The Balaban J connectivity index is 1.43. The first-order valence-corrected chi connectivity index (χ1v) is 8.29. The Morgan fingerprint density at radius 1 is 0.852 bits per heavy atom. The van der Waals surface area contributed by atoms with Crippen molar-refractivity contribution in [1.82, 2.24) is 29.9 Å². The Kier molecular flexibility index (Phi) is 3.29. The molecule has 0 atom stereocenters. The van der Waals surface area contributed by atoms with Gasteiger partial charge in [-0.05, 0) is 24.3 Å². The van der Waals surface area contributed by atoms with E-state index in [1.807, 2.05) is 24.3 Å². The summed E-state index contributed by atoms with van der Waals surface area (Å²) < 4.78 is 1.48. The standard InChI is InChI=1S/C19H12N6O2/c26-18-13-5-1-2-6-14(13)19(27)24(18)10-12-11-25(23-22-12)17-9-20-15-7-3-4-8-16(15)21-17/h1-9,11H,10H2. The molecule has 0 radical (unpaired) electrons. The van der Waals surface area contributed by atoms with Crippen LogP contribution in [0.2, 0.25) is 0 Å². The molecule has 0 saturated carbocycles. The van der Waals surface area contributed by atoms with Crippen molar-refractivity contribution in [3.8, 4) is 5.82 Å². The van der Waals surface area contributed by atoms with E-state index in [4.69, 9.17) is 0 Å². The maximum absolute atomic E-state index is 12.5. The van der Waals surface area contributed by atoms with Crippen molar-refractivity contribution < 1.29 is 9.59 Å². The number of rotatable bonds is 3. The van der Waals surface area contributed by atoms with Gasteiger partial charge in [0.05, 0.1) is 41.1 Å². The molecule has 8 heteroatoms. The molecule has 0 unspecified atom stereocenters. The highest BCUT2D eigenvalue weighted by molar-refractivity contribution is 6.21. The lowest BCUT2D eigenvalue weighted by Gasteiger charge is -2.11. The molecule has 0 aliphatic carbocycles. The van der Waals surface area contributed by atoms with Crippen LogP contribution in [0, 0.1) is 0 Å². The first-order valence-electron chi connectivity index (χ1n) is 8.29. The van der Waals surface area contributed by atoms with E-state index >= 15 is 0 Å². The third kappa shape index (κ3) is 2.46. The molecule has 3 heterocycles. The average Bonchev–Trinajstić information content (AvgIpc) is 3.27. The number of para-hydroxylation sites is 2. The lowest BCUT2D eigenvalue weighted by Crippen LogP contribution is -2.29. The number of fused-ring (bicyclic) bond motifs is 2. The number of nitrogens with zero attached hydrogens (tertiary/aromatic N) is 6. The van der Waals surface area contributed by atoms with Gasteiger partial charge in [-0.25, -0.2) is 9.67 Å². The highest BCUT2D eigenvalue weighted by atomic mass is 16.2. The Morgan fingerprint density at radius 2 is 1.52 bits per heavy atom. The molecule has 1 aliphatic heterocycles. The van der Waals surface area contributed by atoms with E-state index < -0.39 is 0 Å². The second kappa shape index (κ2) is 5.80. The number of carbonyl (C=O) groups excluding carboxylic acids is 2. The molecule has 4 aromatic rings. The van der Waals surface area contributed by atoms with Crippen LogP contribution in [0.25, 0.3) is 16.9 Å². The maximum Gasteiger partial charge on any atom is 0.261 e. The molecule has 0 N–H and O–H groups in total. The first kappa shape index (κ1) is 15.3. The summed E-state index contributed by atoms with van der Waals surface area (Å²) in [5.41, 5.74) is 2.84. The fourth-order valence-electron chi connectivity index (χ4n) is 3.09. The number of aromatic nitrogens is 5. The largest absolute Gasteiger partial charge is 0.269 e. The summed E-state index contributed by atoms with van der Waals surface area (Å²) >= 11 is 0. The van der Waals surface area contributed by atoms with Gasteiger partial charge in [-0.15, -0.1) is 5.10 Å². The Bertz CT molecular complexity index is 1180. The summed E-state index contributed by atoms with van der Waals surface area (Å²) in [4.78, 5) is 35.0. The third-order valence-corrected chi connectivity index (χ3v) is 4.41. The molecule has 8 nitrogen and oxygen atoms in total. The molecular formula is C19H12N6O2. The topological polar surface area (TPSA) is 93.9 Å². The van der Waals surface area contributed by atoms with Gasteiger partial charge in [0.1, 0.15) is 5.69 Å². The lowest BCUT2D eigenvalue weighted by molar-refractivity contribution is 0.0640. The summed E-state index contributed by atoms with van der Waals surface area (Å²) in [6.45, 7) is 0.0490.